The van der Waals surface area contributed by atoms with Gasteiger partial charge < -0.3 is 4.90 Å². The maximum Gasteiger partial charge on any atom is 0.247 e. The SMILES string of the molecule is C[C@@H](C(=O)N1CC(S(=O)(=O)Nc2ccccc2)C1)n1cccn1. The zero-order valence-corrected chi connectivity index (χ0v) is 13.5. The quantitative estimate of drug-likeness (QED) is 0.887. The summed E-state index contributed by atoms with van der Waals surface area (Å²) in [5.74, 6) is -0.125. The number of anilines is 1. The minimum Gasteiger partial charge on any atom is -0.338 e. The van der Waals surface area contributed by atoms with Crippen molar-refractivity contribution in [3.8, 4) is 0 Å². The van der Waals surface area contributed by atoms with Crippen LogP contribution in [0, 0.1) is 0 Å². The van der Waals surface area contributed by atoms with Gasteiger partial charge in [-0.15, -0.1) is 0 Å². The van der Waals surface area contributed by atoms with Crippen molar-refractivity contribution in [2.24, 2.45) is 0 Å². The van der Waals surface area contributed by atoms with Crippen molar-refractivity contribution in [3.05, 3.63) is 48.8 Å². The molecule has 0 unspecified atom stereocenters. The predicted octanol–water partition coefficient (Wildman–Crippen LogP) is 1.10. The van der Waals surface area contributed by atoms with Crippen molar-refractivity contribution >= 4 is 21.6 Å². The van der Waals surface area contributed by atoms with Crippen molar-refractivity contribution in [3.63, 3.8) is 0 Å². The molecule has 1 aliphatic rings. The second kappa shape index (κ2) is 6.04. The Hall–Kier alpha value is -2.35. The highest BCUT2D eigenvalue weighted by Gasteiger charge is 2.41. The van der Waals surface area contributed by atoms with Gasteiger partial charge in [0.2, 0.25) is 15.9 Å². The summed E-state index contributed by atoms with van der Waals surface area (Å²) in [6.07, 6.45) is 3.32. The number of aromatic nitrogens is 2. The van der Waals surface area contributed by atoms with E-state index in [1.165, 1.54) is 0 Å². The van der Waals surface area contributed by atoms with Crippen LogP contribution in [0.5, 0.6) is 0 Å². The van der Waals surface area contributed by atoms with Gasteiger partial charge in [0.15, 0.2) is 0 Å². The van der Waals surface area contributed by atoms with E-state index >= 15 is 0 Å². The van der Waals surface area contributed by atoms with Gasteiger partial charge in [0.1, 0.15) is 11.3 Å². The van der Waals surface area contributed by atoms with E-state index in [0.717, 1.165) is 0 Å². The third kappa shape index (κ3) is 3.21. The maximum absolute atomic E-state index is 12.3. The molecule has 2 heterocycles. The number of carbonyl (C=O) groups is 1. The number of para-hydroxylation sites is 1. The molecule has 1 aromatic carbocycles. The largest absolute Gasteiger partial charge is 0.338 e. The maximum atomic E-state index is 12.3. The van der Waals surface area contributed by atoms with Gasteiger partial charge in [-0.25, -0.2) is 8.42 Å². The molecule has 1 aliphatic heterocycles. The van der Waals surface area contributed by atoms with E-state index in [0.29, 0.717) is 5.69 Å². The summed E-state index contributed by atoms with van der Waals surface area (Å²) in [5.41, 5.74) is 0.530. The van der Waals surface area contributed by atoms with Crippen LogP contribution in [-0.2, 0) is 14.8 Å². The summed E-state index contributed by atoms with van der Waals surface area (Å²) < 4.78 is 28.7. The third-order valence-corrected chi connectivity index (χ3v) is 5.61. The lowest BCUT2D eigenvalue weighted by atomic mass is 10.1. The fourth-order valence-corrected chi connectivity index (χ4v) is 3.84. The molecule has 8 heteroatoms. The second-order valence-electron chi connectivity index (χ2n) is 5.54. The fourth-order valence-electron chi connectivity index (χ4n) is 2.46. The second-order valence-corrected chi connectivity index (χ2v) is 7.50. The Morgan fingerprint density at radius 1 is 1.26 bits per heavy atom. The molecule has 1 fully saturated rings. The first-order valence-corrected chi connectivity index (χ1v) is 8.86. The van der Waals surface area contributed by atoms with Crippen LogP contribution in [-0.4, -0.2) is 47.3 Å². The topological polar surface area (TPSA) is 84.3 Å². The molecule has 1 amide bonds. The van der Waals surface area contributed by atoms with Crippen LogP contribution in [0.25, 0.3) is 0 Å². The molecule has 1 aromatic heterocycles. The van der Waals surface area contributed by atoms with Crippen molar-refractivity contribution in [1.29, 1.82) is 0 Å². The standard InChI is InChI=1S/C15H18N4O3S/c1-12(19-9-5-8-16-19)15(20)18-10-14(11-18)23(21,22)17-13-6-3-2-4-7-13/h2-9,12,14,17H,10-11H2,1H3/t12-/m0/s1. The van der Waals surface area contributed by atoms with Crippen LogP contribution in [0.4, 0.5) is 5.69 Å². The number of carbonyl (C=O) groups excluding carboxylic acids is 1. The Balaban J connectivity index is 1.59. The number of rotatable bonds is 5. The molecule has 0 aliphatic carbocycles. The molecular weight excluding hydrogens is 316 g/mol. The highest BCUT2D eigenvalue weighted by molar-refractivity contribution is 7.93. The van der Waals surface area contributed by atoms with Crippen LogP contribution in [0.3, 0.4) is 0 Å². The zero-order valence-electron chi connectivity index (χ0n) is 12.7. The number of benzene rings is 1. The fraction of sp³-hybridized carbons (Fsp3) is 0.333. The molecule has 23 heavy (non-hydrogen) atoms. The van der Waals surface area contributed by atoms with Gasteiger partial charge >= 0.3 is 0 Å². The van der Waals surface area contributed by atoms with Gasteiger partial charge in [-0.1, -0.05) is 18.2 Å². The highest BCUT2D eigenvalue weighted by Crippen LogP contribution is 2.22. The number of hydrogen-bond acceptors (Lipinski definition) is 4. The molecule has 122 valence electrons. The molecule has 3 rings (SSSR count). The molecule has 1 atom stereocenters. The van der Waals surface area contributed by atoms with Crippen molar-refractivity contribution in [1.82, 2.24) is 14.7 Å². The van der Waals surface area contributed by atoms with Gasteiger partial charge in [-0.05, 0) is 25.1 Å². The first-order valence-electron chi connectivity index (χ1n) is 7.32. The lowest BCUT2D eigenvalue weighted by molar-refractivity contribution is -0.137. The monoisotopic (exact) mass is 334 g/mol. The number of amides is 1. The van der Waals surface area contributed by atoms with E-state index < -0.39 is 21.3 Å². The summed E-state index contributed by atoms with van der Waals surface area (Å²) >= 11 is 0. The Bertz CT molecular complexity index is 768. The number of nitrogens with one attached hydrogen (secondary N) is 1. The highest BCUT2D eigenvalue weighted by atomic mass is 32.2. The third-order valence-electron chi connectivity index (χ3n) is 3.91. The lowest BCUT2D eigenvalue weighted by Crippen LogP contribution is -2.59. The molecule has 7 nitrogen and oxygen atoms in total. The van der Waals surface area contributed by atoms with Crippen LogP contribution in [0.1, 0.15) is 13.0 Å². The number of likely N-dealkylation sites (tertiary alicyclic amines) is 1. The van der Waals surface area contributed by atoms with E-state index in [-0.39, 0.29) is 19.0 Å². The Morgan fingerprint density at radius 3 is 2.57 bits per heavy atom. The first kappa shape index (κ1) is 15.5. The molecule has 1 N–H and O–H groups in total. The van der Waals surface area contributed by atoms with E-state index in [1.807, 2.05) is 6.07 Å². The molecule has 0 bridgehead atoms. The van der Waals surface area contributed by atoms with E-state index in [9.17, 15) is 13.2 Å². The van der Waals surface area contributed by atoms with Crippen LogP contribution in [0.15, 0.2) is 48.8 Å². The molecule has 0 radical (unpaired) electrons. The molecule has 0 spiro atoms. The summed E-state index contributed by atoms with van der Waals surface area (Å²) in [7, 11) is -3.49. The molecule has 1 saturated heterocycles. The lowest BCUT2D eigenvalue weighted by Gasteiger charge is -2.39. The average molecular weight is 334 g/mol. The predicted molar refractivity (Wildman–Crippen MR) is 86.3 cm³/mol. The van der Waals surface area contributed by atoms with E-state index in [4.69, 9.17) is 0 Å². The van der Waals surface area contributed by atoms with Gasteiger partial charge in [0.25, 0.3) is 0 Å². The van der Waals surface area contributed by atoms with Gasteiger partial charge in [-0.2, -0.15) is 5.10 Å². The number of sulfonamides is 1. The molecular formula is C15H18N4O3S. The van der Waals surface area contributed by atoms with E-state index in [1.54, 1.807) is 59.2 Å². The van der Waals surface area contributed by atoms with Gasteiger partial charge in [-0.3, -0.25) is 14.2 Å². The average Bonchev–Trinajstić information content (AvgIpc) is 2.99. The van der Waals surface area contributed by atoms with Crippen LogP contribution >= 0.6 is 0 Å². The van der Waals surface area contributed by atoms with Crippen molar-refractivity contribution in [2.75, 3.05) is 17.8 Å². The van der Waals surface area contributed by atoms with Crippen molar-refractivity contribution in [2.45, 2.75) is 18.2 Å². The van der Waals surface area contributed by atoms with Crippen LogP contribution in [0.2, 0.25) is 0 Å². The number of hydrogen-bond donors (Lipinski definition) is 1. The smallest absolute Gasteiger partial charge is 0.247 e. The Kier molecular flexibility index (Phi) is 4.08. The van der Waals surface area contributed by atoms with Crippen molar-refractivity contribution < 1.29 is 13.2 Å². The zero-order chi connectivity index (χ0) is 16.4. The summed E-state index contributed by atoms with van der Waals surface area (Å²) in [5, 5.41) is 3.45. The molecule has 2 aromatic rings. The summed E-state index contributed by atoms with van der Waals surface area (Å²) in [4.78, 5) is 13.8. The first-order chi connectivity index (χ1) is 11.0. The van der Waals surface area contributed by atoms with Gasteiger partial charge in [0.05, 0.1) is 0 Å². The number of nitrogens with zero attached hydrogens (tertiary/aromatic N) is 3. The van der Waals surface area contributed by atoms with Gasteiger partial charge in [0, 0.05) is 31.2 Å². The normalized spacial score (nSPS) is 16.7. The summed E-state index contributed by atoms with van der Waals surface area (Å²) in [6, 6.07) is 10.0. The van der Waals surface area contributed by atoms with E-state index in [2.05, 4.69) is 9.82 Å². The van der Waals surface area contributed by atoms with Crippen LogP contribution < -0.4 is 4.72 Å². The Labute approximate surface area is 135 Å². The summed E-state index contributed by atoms with van der Waals surface area (Å²) in [6.45, 7) is 2.15. The Morgan fingerprint density at radius 2 is 1.96 bits per heavy atom. The minimum absolute atomic E-state index is 0.125. The minimum atomic E-state index is -3.49. The molecule has 0 saturated carbocycles.